The summed E-state index contributed by atoms with van der Waals surface area (Å²) in [5.74, 6) is -0.148. The van der Waals surface area contributed by atoms with Crippen LogP contribution in [0.15, 0.2) is 34.9 Å². The SMILES string of the molecule is CCCNS(=O)(=O)c1ccc(C(C(C)=O)=C(C)N)cc1. The van der Waals surface area contributed by atoms with E-state index in [-0.39, 0.29) is 10.7 Å². The molecule has 0 spiro atoms. The topological polar surface area (TPSA) is 89.3 Å². The van der Waals surface area contributed by atoms with Crippen molar-refractivity contribution in [2.75, 3.05) is 6.54 Å². The van der Waals surface area contributed by atoms with Gasteiger partial charge in [-0.2, -0.15) is 0 Å². The molecule has 0 aliphatic rings. The van der Waals surface area contributed by atoms with E-state index in [1.54, 1.807) is 19.1 Å². The summed E-state index contributed by atoms with van der Waals surface area (Å²) in [6.45, 7) is 5.35. The zero-order chi connectivity index (χ0) is 15.3. The number of rotatable bonds is 6. The Morgan fingerprint density at radius 2 is 1.75 bits per heavy atom. The lowest BCUT2D eigenvalue weighted by molar-refractivity contribution is -0.111. The highest BCUT2D eigenvalue weighted by Gasteiger charge is 2.15. The average molecular weight is 296 g/mol. The van der Waals surface area contributed by atoms with Crippen molar-refractivity contribution in [3.63, 3.8) is 0 Å². The Hall–Kier alpha value is -1.66. The van der Waals surface area contributed by atoms with E-state index in [2.05, 4.69) is 4.72 Å². The van der Waals surface area contributed by atoms with Gasteiger partial charge in [0.15, 0.2) is 5.78 Å². The number of benzene rings is 1. The Balaban J connectivity index is 3.12. The minimum atomic E-state index is -3.49. The molecule has 0 heterocycles. The van der Waals surface area contributed by atoms with Gasteiger partial charge in [-0.3, -0.25) is 4.79 Å². The minimum Gasteiger partial charge on any atom is -0.402 e. The molecule has 110 valence electrons. The van der Waals surface area contributed by atoms with Crippen LogP contribution in [0.2, 0.25) is 0 Å². The lowest BCUT2D eigenvalue weighted by Gasteiger charge is -2.09. The number of carbonyl (C=O) groups is 1. The summed E-state index contributed by atoms with van der Waals surface area (Å²) in [5, 5.41) is 0. The predicted molar refractivity (Wildman–Crippen MR) is 79.4 cm³/mol. The predicted octanol–water partition coefficient (Wildman–Crippen LogP) is 1.65. The number of hydrogen-bond acceptors (Lipinski definition) is 4. The lowest BCUT2D eigenvalue weighted by Crippen LogP contribution is -2.24. The van der Waals surface area contributed by atoms with Crippen molar-refractivity contribution in [1.29, 1.82) is 0 Å². The Bertz CT molecular complexity index is 612. The number of sulfonamides is 1. The summed E-state index contributed by atoms with van der Waals surface area (Å²) >= 11 is 0. The van der Waals surface area contributed by atoms with Gasteiger partial charge < -0.3 is 5.73 Å². The van der Waals surface area contributed by atoms with Gasteiger partial charge in [-0.15, -0.1) is 0 Å². The third-order valence-electron chi connectivity index (χ3n) is 2.74. The van der Waals surface area contributed by atoms with Crippen molar-refractivity contribution in [2.24, 2.45) is 5.73 Å². The highest BCUT2D eigenvalue weighted by Crippen LogP contribution is 2.20. The lowest BCUT2D eigenvalue weighted by atomic mass is 10.0. The molecule has 20 heavy (non-hydrogen) atoms. The summed E-state index contributed by atoms with van der Waals surface area (Å²) in [4.78, 5) is 11.7. The van der Waals surface area contributed by atoms with Crippen LogP contribution in [0.5, 0.6) is 0 Å². The first-order chi connectivity index (χ1) is 9.29. The van der Waals surface area contributed by atoms with E-state index in [0.29, 0.717) is 23.4 Å². The van der Waals surface area contributed by atoms with Crippen LogP contribution >= 0.6 is 0 Å². The van der Waals surface area contributed by atoms with Gasteiger partial charge in [0.1, 0.15) is 0 Å². The molecule has 0 saturated carbocycles. The number of carbonyl (C=O) groups excluding carboxylic acids is 1. The molecule has 3 N–H and O–H groups in total. The van der Waals surface area contributed by atoms with E-state index in [9.17, 15) is 13.2 Å². The molecule has 0 aliphatic carbocycles. The normalized spacial score (nSPS) is 12.9. The first-order valence-corrected chi connectivity index (χ1v) is 7.85. The van der Waals surface area contributed by atoms with Gasteiger partial charge in [0.05, 0.1) is 4.90 Å². The fourth-order valence-corrected chi connectivity index (χ4v) is 2.96. The van der Waals surface area contributed by atoms with Crippen LogP contribution in [0.3, 0.4) is 0 Å². The molecule has 0 unspecified atom stereocenters. The minimum absolute atomic E-state index is 0.148. The van der Waals surface area contributed by atoms with Crippen LogP contribution < -0.4 is 10.5 Å². The molecule has 0 aliphatic heterocycles. The maximum atomic E-state index is 11.9. The van der Waals surface area contributed by atoms with Crippen molar-refractivity contribution >= 4 is 21.4 Å². The number of nitrogens with one attached hydrogen (secondary N) is 1. The third-order valence-corrected chi connectivity index (χ3v) is 4.22. The summed E-state index contributed by atoms with van der Waals surface area (Å²) in [7, 11) is -3.49. The standard InChI is InChI=1S/C14H20N2O3S/c1-4-9-16-20(18,19)13-7-5-12(6-8-13)14(10(2)15)11(3)17/h5-8,16H,4,9,15H2,1-3H3. The molecule has 0 amide bonds. The maximum absolute atomic E-state index is 11.9. The van der Waals surface area contributed by atoms with E-state index in [1.165, 1.54) is 19.1 Å². The number of hydrogen-bond donors (Lipinski definition) is 2. The molecule has 0 bridgehead atoms. The Labute approximate surface area is 119 Å². The van der Waals surface area contributed by atoms with Crippen molar-refractivity contribution in [3.05, 3.63) is 35.5 Å². The molecule has 0 atom stereocenters. The van der Waals surface area contributed by atoms with Crippen LogP contribution in [-0.2, 0) is 14.8 Å². The van der Waals surface area contributed by atoms with Crippen LogP contribution in [0.25, 0.3) is 5.57 Å². The molecule has 5 nitrogen and oxygen atoms in total. The molecule has 1 rings (SSSR count). The fraction of sp³-hybridized carbons (Fsp3) is 0.357. The van der Waals surface area contributed by atoms with Gasteiger partial charge in [0.25, 0.3) is 0 Å². The Morgan fingerprint density at radius 1 is 1.20 bits per heavy atom. The van der Waals surface area contributed by atoms with Gasteiger partial charge >= 0.3 is 0 Å². The molecular formula is C14H20N2O3S. The van der Waals surface area contributed by atoms with E-state index < -0.39 is 10.0 Å². The summed E-state index contributed by atoms with van der Waals surface area (Å²) < 4.78 is 26.3. The third kappa shape index (κ3) is 3.91. The molecule has 1 aromatic rings. The zero-order valence-electron chi connectivity index (χ0n) is 11.9. The van der Waals surface area contributed by atoms with Crippen molar-refractivity contribution in [3.8, 4) is 0 Å². The van der Waals surface area contributed by atoms with E-state index in [4.69, 9.17) is 5.73 Å². The van der Waals surface area contributed by atoms with Crippen LogP contribution in [-0.4, -0.2) is 20.7 Å². The van der Waals surface area contributed by atoms with E-state index >= 15 is 0 Å². The quantitative estimate of drug-likeness (QED) is 0.781. The second-order valence-corrected chi connectivity index (χ2v) is 6.30. The van der Waals surface area contributed by atoms with Crippen LogP contribution in [0.4, 0.5) is 0 Å². The van der Waals surface area contributed by atoms with E-state index in [1.807, 2.05) is 6.92 Å². The zero-order valence-corrected chi connectivity index (χ0v) is 12.8. The van der Waals surface area contributed by atoms with Gasteiger partial charge in [0, 0.05) is 17.8 Å². The molecule has 6 heteroatoms. The highest BCUT2D eigenvalue weighted by molar-refractivity contribution is 7.89. The second kappa shape index (κ2) is 6.67. The number of allylic oxidation sites excluding steroid dienone is 2. The molecule has 0 aromatic heterocycles. The Kier molecular flexibility index (Phi) is 5.47. The fourth-order valence-electron chi connectivity index (χ4n) is 1.83. The van der Waals surface area contributed by atoms with Crippen LogP contribution in [0, 0.1) is 0 Å². The monoisotopic (exact) mass is 296 g/mol. The average Bonchev–Trinajstić information content (AvgIpc) is 2.36. The van der Waals surface area contributed by atoms with Crippen molar-refractivity contribution in [1.82, 2.24) is 4.72 Å². The molecule has 0 fully saturated rings. The molecule has 1 aromatic carbocycles. The van der Waals surface area contributed by atoms with Gasteiger partial charge in [-0.25, -0.2) is 13.1 Å². The second-order valence-electron chi connectivity index (χ2n) is 4.54. The van der Waals surface area contributed by atoms with Gasteiger partial charge in [-0.05, 0) is 38.0 Å². The number of Topliss-reactive ketones (excluding diaryl/α,β-unsaturated/α-hetero) is 1. The first kappa shape index (κ1) is 16.4. The highest BCUT2D eigenvalue weighted by atomic mass is 32.2. The summed E-state index contributed by atoms with van der Waals surface area (Å²) in [5.41, 5.74) is 7.13. The van der Waals surface area contributed by atoms with Gasteiger partial charge in [0.2, 0.25) is 10.0 Å². The smallest absolute Gasteiger partial charge is 0.240 e. The summed E-state index contributed by atoms with van der Waals surface area (Å²) in [6.07, 6.45) is 0.723. The van der Waals surface area contributed by atoms with Crippen molar-refractivity contribution in [2.45, 2.75) is 32.1 Å². The maximum Gasteiger partial charge on any atom is 0.240 e. The van der Waals surface area contributed by atoms with Crippen LogP contribution in [0.1, 0.15) is 32.8 Å². The van der Waals surface area contributed by atoms with E-state index in [0.717, 1.165) is 6.42 Å². The molecule has 0 radical (unpaired) electrons. The number of nitrogens with two attached hydrogens (primary N) is 1. The summed E-state index contributed by atoms with van der Waals surface area (Å²) in [6, 6.07) is 6.12. The first-order valence-electron chi connectivity index (χ1n) is 6.37. The van der Waals surface area contributed by atoms with Crippen molar-refractivity contribution < 1.29 is 13.2 Å². The molecular weight excluding hydrogens is 276 g/mol. The number of ketones is 1. The Morgan fingerprint density at radius 3 is 2.15 bits per heavy atom. The van der Waals surface area contributed by atoms with Gasteiger partial charge in [-0.1, -0.05) is 19.1 Å². The largest absolute Gasteiger partial charge is 0.402 e. The molecule has 0 saturated heterocycles.